The number of ether oxygens (including phenoxy) is 1. The maximum absolute atomic E-state index is 15.0. The van der Waals surface area contributed by atoms with Crippen LogP contribution in [0.5, 0.6) is 0 Å². The molecule has 3 N–H and O–H groups in total. The summed E-state index contributed by atoms with van der Waals surface area (Å²) in [5.74, 6) is -3.58. The van der Waals surface area contributed by atoms with E-state index in [1.807, 2.05) is 0 Å². The lowest BCUT2D eigenvalue weighted by Crippen LogP contribution is -2.48. The summed E-state index contributed by atoms with van der Waals surface area (Å²) in [5.41, 5.74) is 1.93. The minimum Gasteiger partial charge on any atom is -0.394 e. The molecular weight excluding hydrogens is 463 g/mol. The third-order valence-electron chi connectivity index (χ3n) is 5.14. The molecule has 3 aromatic rings. The molecule has 11 heteroatoms. The summed E-state index contributed by atoms with van der Waals surface area (Å²) in [5, 5.41) is 19.9. The zero-order valence-electron chi connectivity index (χ0n) is 18.8. The van der Waals surface area contributed by atoms with Crippen LogP contribution in [-0.4, -0.2) is 52.6 Å². The Morgan fingerprint density at radius 2 is 1.97 bits per heavy atom. The maximum atomic E-state index is 15.0. The fraction of sp³-hybridized carbons (Fsp3) is 0.208. The van der Waals surface area contributed by atoms with Crippen molar-refractivity contribution in [3.8, 4) is 0 Å². The Labute approximate surface area is 199 Å². The number of benzene rings is 2. The minimum absolute atomic E-state index is 0.132. The van der Waals surface area contributed by atoms with E-state index in [-0.39, 0.29) is 17.8 Å². The molecule has 0 aliphatic carbocycles. The van der Waals surface area contributed by atoms with Crippen molar-refractivity contribution in [1.29, 1.82) is 0 Å². The largest absolute Gasteiger partial charge is 0.394 e. The monoisotopic (exact) mass is 487 g/mol. The van der Waals surface area contributed by atoms with E-state index in [1.165, 1.54) is 48.2 Å². The van der Waals surface area contributed by atoms with Crippen LogP contribution in [0, 0.1) is 11.6 Å². The fourth-order valence-electron chi connectivity index (χ4n) is 3.29. The molecule has 0 saturated carbocycles. The Kier molecular flexibility index (Phi) is 8.76. The molecule has 1 aromatic heterocycles. The van der Waals surface area contributed by atoms with Crippen molar-refractivity contribution in [2.45, 2.75) is 18.7 Å². The summed E-state index contributed by atoms with van der Waals surface area (Å²) in [6.07, 6.45) is 2.39. The van der Waals surface area contributed by atoms with Crippen LogP contribution >= 0.6 is 0 Å². The summed E-state index contributed by atoms with van der Waals surface area (Å²) in [7, 11) is 1.36. The van der Waals surface area contributed by atoms with Crippen molar-refractivity contribution < 1.29 is 27.8 Å². The van der Waals surface area contributed by atoms with Gasteiger partial charge in [0.25, 0.3) is 5.91 Å². The number of aliphatic hydroxyl groups is 1. The average molecular weight is 487 g/mol. The van der Waals surface area contributed by atoms with Crippen LogP contribution in [0.1, 0.15) is 21.5 Å². The van der Waals surface area contributed by atoms with Crippen molar-refractivity contribution >= 4 is 17.6 Å². The first-order valence-electron chi connectivity index (χ1n) is 10.5. The molecule has 0 fully saturated rings. The second-order valence-corrected chi connectivity index (χ2v) is 7.43. The number of rotatable bonds is 11. The zero-order chi connectivity index (χ0) is 25.4. The Morgan fingerprint density at radius 1 is 1.23 bits per heavy atom. The number of hydrogen-bond donors (Lipinski definition) is 3. The van der Waals surface area contributed by atoms with Crippen LogP contribution in [0.4, 0.5) is 13.2 Å². The summed E-state index contributed by atoms with van der Waals surface area (Å²) < 4.78 is 49.5. The molecule has 0 radical (unpaired) electrons. The van der Waals surface area contributed by atoms with Crippen molar-refractivity contribution in [2.24, 2.45) is 5.10 Å². The molecule has 35 heavy (non-hydrogen) atoms. The molecule has 0 bridgehead atoms. The van der Waals surface area contributed by atoms with Crippen LogP contribution in [0.25, 0.3) is 5.70 Å². The molecule has 184 valence electrons. The number of hydrogen-bond acceptors (Lipinski definition) is 6. The molecule has 2 atom stereocenters. The second-order valence-electron chi connectivity index (χ2n) is 7.43. The van der Waals surface area contributed by atoms with E-state index in [0.29, 0.717) is 5.56 Å². The van der Waals surface area contributed by atoms with Crippen LogP contribution in [0.3, 0.4) is 0 Å². The van der Waals surface area contributed by atoms with Gasteiger partial charge < -0.3 is 15.2 Å². The third-order valence-corrected chi connectivity index (χ3v) is 5.14. The first kappa shape index (κ1) is 25.7. The summed E-state index contributed by atoms with van der Waals surface area (Å²) in [4.78, 5) is 13.0. The molecular formula is C24H24F3N5O3. The third kappa shape index (κ3) is 6.55. The molecule has 2 aromatic carbocycles. The minimum atomic E-state index is -1.30. The van der Waals surface area contributed by atoms with Crippen molar-refractivity contribution in [3.63, 3.8) is 0 Å². The average Bonchev–Trinajstić information content (AvgIpc) is 3.36. The number of halogens is 3. The lowest BCUT2D eigenvalue weighted by Gasteiger charge is -2.26. The standard InChI is InChI=1S/C24H24F3N5O3/c1-15(16-7-9-17(25)10-8-16)30-31-23(27)22-18(5-3-6-19(22)26)24(34)29-20(21(14-33)35-2)13-32-12-4-11-28-32/h3-12,20-21,30,33H,1,13-14H2,2H3,(H,29,34)/b31-23-/t20-,21-/m1/s1. The van der Waals surface area contributed by atoms with Crippen molar-refractivity contribution in [2.75, 3.05) is 13.7 Å². The van der Waals surface area contributed by atoms with Crippen LogP contribution in [0.15, 0.2) is 72.6 Å². The Balaban J connectivity index is 1.83. The van der Waals surface area contributed by atoms with Crippen LogP contribution in [0.2, 0.25) is 0 Å². The molecule has 0 unspecified atom stereocenters. The summed E-state index contributed by atoms with van der Waals surface area (Å²) in [6.45, 7) is 3.41. The molecule has 1 heterocycles. The highest BCUT2D eigenvalue weighted by Gasteiger charge is 2.27. The number of nitrogens with one attached hydrogen (secondary N) is 2. The van der Waals surface area contributed by atoms with E-state index >= 15 is 0 Å². The Bertz CT molecular complexity index is 1180. The summed E-state index contributed by atoms with van der Waals surface area (Å²) in [6, 6.07) is 9.61. The van der Waals surface area contributed by atoms with Crippen LogP contribution < -0.4 is 10.7 Å². The number of methoxy groups -OCH3 is 1. The highest BCUT2D eigenvalue weighted by molar-refractivity contribution is 6.07. The number of hydrazone groups is 1. The number of carbonyl (C=O) groups is 1. The van der Waals surface area contributed by atoms with Gasteiger partial charge >= 0.3 is 0 Å². The topological polar surface area (TPSA) is 101 Å². The van der Waals surface area contributed by atoms with Gasteiger partial charge in [-0.2, -0.15) is 9.49 Å². The lowest BCUT2D eigenvalue weighted by molar-refractivity contribution is 0.0166. The zero-order valence-corrected chi connectivity index (χ0v) is 18.8. The van der Waals surface area contributed by atoms with Gasteiger partial charge in [-0.05, 0) is 48.0 Å². The number of aromatic nitrogens is 2. The Morgan fingerprint density at radius 3 is 2.60 bits per heavy atom. The molecule has 1 amide bonds. The second kappa shape index (κ2) is 12.0. The van der Waals surface area contributed by atoms with E-state index < -0.39 is 47.8 Å². The highest BCUT2D eigenvalue weighted by atomic mass is 19.1. The Hall–Kier alpha value is -3.96. The van der Waals surface area contributed by atoms with Gasteiger partial charge in [0, 0.05) is 19.5 Å². The SMILES string of the molecule is C=C(N/N=C(\F)c1c(F)cccc1C(=O)N[C@H](Cn1cccn1)[C@@H](CO)OC)c1ccc(F)cc1. The highest BCUT2D eigenvalue weighted by Crippen LogP contribution is 2.18. The molecule has 3 rings (SSSR count). The van der Waals surface area contributed by atoms with Crippen LogP contribution in [-0.2, 0) is 11.3 Å². The number of nitrogens with zero attached hydrogens (tertiary/aromatic N) is 3. The molecule has 0 aliphatic rings. The predicted octanol–water partition coefficient (Wildman–Crippen LogP) is 2.86. The normalized spacial score (nSPS) is 13.2. The van der Waals surface area contributed by atoms with E-state index in [9.17, 15) is 23.1 Å². The van der Waals surface area contributed by atoms with Crippen molar-refractivity contribution in [1.82, 2.24) is 20.5 Å². The molecule has 0 spiro atoms. The first-order valence-corrected chi connectivity index (χ1v) is 10.5. The van der Waals surface area contributed by atoms with E-state index in [1.54, 1.807) is 18.5 Å². The number of aliphatic hydroxyl groups excluding tert-OH is 1. The fourth-order valence-corrected chi connectivity index (χ4v) is 3.29. The quantitative estimate of drug-likeness (QED) is 0.285. The lowest BCUT2D eigenvalue weighted by atomic mass is 10.0. The number of amides is 1. The predicted molar refractivity (Wildman–Crippen MR) is 124 cm³/mol. The van der Waals surface area contributed by atoms with E-state index in [0.717, 1.165) is 6.07 Å². The van der Waals surface area contributed by atoms with Gasteiger partial charge in [0.2, 0.25) is 5.97 Å². The summed E-state index contributed by atoms with van der Waals surface area (Å²) >= 11 is 0. The van der Waals surface area contributed by atoms with E-state index in [2.05, 4.69) is 27.5 Å². The van der Waals surface area contributed by atoms with Gasteiger partial charge in [0.1, 0.15) is 17.7 Å². The van der Waals surface area contributed by atoms with E-state index in [4.69, 9.17) is 4.74 Å². The number of carbonyl (C=O) groups excluding carboxylic acids is 1. The van der Waals surface area contributed by atoms with Gasteiger partial charge in [-0.25, -0.2) is 8.78 Å². The maximum Gasteiger partial charge on any atom is 0.252 e. The van der Waals surface area contributed by atoms with Gasteiger partial charge in [-0.1, -0.05) is 12.6 Å². The van der Waals surface area contributed by atoms with Gasteiger partial charge in [0.05, 0.1) is 36.0 Å². The molecule has 0 aliphatic heterocycles. The smallest absolute Gasteiger partial charge is 0.252 e. The van der Waals surface area contributed by atoms with Gasteiger partial charge in [-0.15, -0.1) is 5.10 Å². The molecule has 0 saturated heterocycles. The molecule has 8 nitrogen and oxygen atoms in total. The van der Waals surface area contributed by atoms with Crippen molar-refractivity contribution in [3.05, 3.63) is 95.8 Å². The first-order chi connectivity index (χ1) is 16.8. The van der Waals surface area contributed by atoms with Gasteiger partial charge in [0.15, 0.2) is 0 Å². The van der Waals surface area contributed by atoms with Gasteiger partial charge in [-0.3, -0.25) is 14.9 Å².